The van der Waals surface area contributed by atoms with Crippen LogP contribution in [0.3, 0.4) is 0 Å². The van der Waals surface area contributed by atoms with E-state index in [9.17, 15) is 28.8 Å². The van der Waals surface area contributed by atoms with Gasteiger partial charge >= 0.3 is 5.97 Å². The van der Waals surface area contributed by atoms with E-state index in [1.807, 2.05) is 53.1 Å². The van der Waals surface area contributed by atoms with Crippen LogP contribution in [0, 0.1) is 32.5 Å². The Morgan fingerprint density at radius 2 is 1.56 bits per heavy atom. The largest absolute Gasteiger partial charge is 0.480 e. The number of aliphatic carboxylic acids is 1. The van der Waals surface area contributed by atoms with E-state index in [0.29, 0.717) is 98.1 Å². The zero-order chi connectivity index (χ0) is 56.5. The van der Waals surface area contributed by atoms with Crippen molar-refractivity contribution < 1.29 is 38.3 Å². The highest BCUT2D eigenvalue weighted by molar-refractivity contribution is 7.15. The van der Waals surface area contributed by atoms with E-state index in [1.54, 1.807) is 46.3 Å². The van der Waals surface area contributed by atoms with Crippen molar-refractivity contribution in [1.29, 1.82) is 0 Å². The first-order valence-electron chi connectivity index (χ1n) is 27.0. The first-order chi connectivity index (χ1) is 38.4. The topological polar surface area (TPSA) is 235 Å². The van der Waals surface area contributed by atoms with Crippen molar-refractivity contribution >= 4 is 86.0 Å². The molecule has 1 atom stereocenters. The fourth-order valence-corrected chi connectivity index (χ4v) is 12.9. The fourth-order valence-electron chi connectivity index (χ4n) is 11.5. The first-order valence-corrected chi connectivity index (χ1v) is 28.1. The Morgan fingerprint density at radius 3 is 2.29 bits per heavy atom. The number of nitrogens with one attached hydrogen (secondary N) is 2. The van der Waals surface area contributed by atoms with Gasteiger partial charge in [0.15, 0.2) is 5.82 Å². The van der Waals surface area contributed by atoms with E-state index in [0.717, 1.165) is 57.7 Å². The van der Waals surface area contributed by atoms with Gasteiger partial charge in [0, 0.05) is 96.4 Å². The van der Waals surface area contributed by atoms with Crippen molar-refractivity contribution in [3.05, 3.63) is 111 Å². The van der Waals surface area contributed by atoms with Crippen molar-refractivity contribution in [2.75, 3.05) is 45.8 Å². The minimum absolute atomic E-state index is 0.00829. The lowest BCUT2D eigenvalue weighted by Crippen LogP contribution is -2.49. The van der Waals surface area contributed by atoms with Crippen LogP contribution in [0.5, 0.6) is 0 Å². The number of piperidine rings is 2. The molecule has 0 radical (unpaired) electrons. The van der Waals surface area contributed by atoms with Gasteiger partial charge in [-0.05, 0) is 107 Å². The van der Waals surface area contributed by atoms with Gasteiger partial charge in [0.25, 0.3) is 0 Å². The minimum atomic E-state index is -1.20. The number of fused-ring (bicyclic) bond motifs is 5. The van der Waals surface area contributed by atoms with Crippen LogP contribution in [0.2, 0.25) is 5.02 Å². The van der Waals surface area contributed by atoms with Crippen molar-refractivity contribution in [1.82, 2.24) is 59.7 Å². The predicted octanol–water partition coefficient (Wildman–Crippen LogP) is 6.65. The second-order valence-corrected chi connectivity index (χ2v) is 22.6. The number of rotatable bonds is 12. The number of nitrogens with zero attached hydrogens (tertiary/aromatic N) is 11. The number of carboxylic acids is 1. The number of hydrogen-bond acceptors (Lipinski definition) is 12. The molecule has 3 saturated heterocycles. The Bertz CT molecular complexity index is 3590. The maximum atomic E-state index is 15.8. The Labute approximate surface area is 470 Å². The van der Waals surface area contributed by atoms with E-state index in [2.05, 4.69) is 44.3 Å². The molecule has 3 fully saturated rings. The number of carbonyl (C=O) groups is 6. The molecule has 1 unspecified atom stereocenters. The summed E-state index contributed by atoms with van der Waals surface area (Å²) < 4.78 is 21.2. The number of benzene rings is 3. The number of thiophene rings is 1. The Morgan fingerprint density at radius 1 is 0.838 bits per heavy atom. The zero-order valence-electron chi connectivity index (χ0n) is 45.3. The van der Waals surface area contributed by atoms with Gasteiger partial charge in [0.05, 0.1) is 35.2 Å². The van der Waals surface area contributed by atoms with E-state index in [1.165, 1.54) is 33.7 Å². The van der Waals surface area contributed by atoms with Gasteiger partial charge in [-0.3, -0.25) is 47.7 Å². The lowest BCUT2D eigenvalue weighted by atomic mass is 9.88. The summed E-state index contributed by atoms with van der Waals surface area (Å²) in [5, 5.41) is 34.5. The highest BCUT2D eigenvalue weighted by Gasteiger charge is 2.37. The summed E-state index contributed by atoms with van der Waals surface area (Å²) in [4.78, 5) is 86.3. The van der Waals surface area contributed by atoms with Crippen molar-refractivity contribution in [2.45, 2.75) is 97.7 Å². The number of aromatic nitrogens is 7. The maximum absolute atomic E-state index is 15.8. The summed E-state index contributed by atoms with van der Waals surface area (Å²) in [7, 11) is 1.79. The number of aliphatic imine (C=N–C) groups is 1. The molecule has 0 spiro atoms. The van der Waals surface area contributed by atoms with Crippen LogP contribution >= 0.6 is 22.9 Å². The second-order valence-electron chi connectivity index (χ2n) is 21.0. The SMILES string of the molecule is CC(=O)N1CCCC1C(=O)N1CCC(CC(=O)N2CCC(c3nn(CC(=O)NCC(=O)NCC(=O)O)c4cccc(-c5cc6c(cnn6C)cc5F)c34)CC2)CC1.Cc1sc2c(c1C)C(c1ccc(Cl)cc1)=NCc1nnc(C)n1-2. The van der Waals surface area contributed by atoms with Crippen LogP contribution < -0.4 is 10.6 Å². The normalized spacial score (nSPS) is 16.7. The fraction of sp³-hybridized carbons (Fsp3) is 0.421. The third-order valence-corrected chi connectivity index (χ3v) is 17.3. The monoisotopic (exact) mass is 1130 g/mol. The molecule has 3 aromatic carbocycles. The molecule has 0 saturated carbocycles. The third-order valence-electron chi connectivity index (χ3n) is 15.9. The second kappa shape index (κ2) is 23.5. The summed E-state index contributed by atoms with van der Waals surface area (Å²) in [6, 6.07) is 16.1. The van der Waals surface area contributed by atoms with E-state index in [4.69, 9.17) is 26.8 Å². The molecule has 4 aromatic heterocycles. The van der Waals surface area contributed by atoms with Gasteiger partial charge in [-0.1, -0.05) is 35.9 Å². The number of halogens is 2. The van der Waals surface area contributed by atoms with Gasteiger partial charge < -0.3 is 30.4 Å². The van der Waals surface area contributed by atoms with Crippen molar-refractivity contribution in [2.24, 2.45) is 18.0 Å². The molecule has 11 rings (SSSR count). The van der Waals surface area contributed by atoms with Gasteiger partial charge in [-0.2, -0.15) is 10.2 Å². The number of amides is 5. The lowest BCUT2D eigenvalue weighted by molar-refractivity contribution is -0.144. The lowest BCUT2D eigenvalue weighted by Gasteiger charge is -2.36. The van der Waals surface area contributed by atoms with Crippen LogP contribution in [-0.4, -0.2) is 147 Å². The predicted molar refractivity (Wildman–Crippen MR) is 300 cm³/mol. The summed E-state index contributed by atoms with van der Waals surface area (Å²) in [6.45, 7) is 9.85. The minimum Gasteiger partial charge on any atom is -0.480 e. The van der Waals surface area contributed by atoms with Gasteiger partial charge in [-0.25, -0.2) is 4.39 Å². The van der Waals surface area contributed by atoms with E-state index >= 15 is 4.39 Å². The van der Waals surface area contributed by atoms with Gasteiger partial charge in [0.2, 0.25) is 29.5 Å². The molecule has 8 heterocycles. The average Bonchev–Trinajstić information content (AvgIpc) is 4.30. The van der Waals surface area contributed by atoms with Crippen LogP contribution in [0.25, 0.3) is 37.9 Å². The van der Waals surface area contributed by atoms with E-state index < -0.39 is 36.7 Å². The van der Waals surface area contributed by atoms with Crippen molar-refractivity contribution in [3.63, 3.8) is 0 Å². The average molecular weight is 1130 g/mol. The number of carbonyl (C=O) groups excluding carboxylic acids is 5. The van der Waals surface area contributed by atoms with Gasteiger partial charge in [0.1, 0.15) is 42.3 Å². The Kier molecular flexibility index (Phi) is 16.3. The molecule has 4 aliphatic rings. The Hall–Kier alpha value is -7.85. The van der Waals surface area contributed by atoms with Crippen molar-refractivity contribution in [3.8, 4) is 16.1 Å². The molecule has 0 aliphatic carbocycles. The zero-order valence-corrected chi connectivity index (χ0v) is 46.9. The molecule has 20 nitrogen and oxygen atoms in total. The number of likely N-dealkylation sites (tertiary alicyclic amines) is 3. The van der Waals surface area contributed by atoms with Crippen LogP contribution in [-0.2, 0) is 48.9 Å². The highest BCUT2D eigenvalue weighted by Crippen LogP contribution is 2.41. The number of carboxylic acid groups (broad SMARTS) is 1. The quantitative estimate of drug-likeness (QED) is 0.117. The summed E-state index contributed by atoms with van der Waals surface area (Å²) in [6.07, 6.45) is 6.19. The molecular formula is C57H63ClFN13O7S. The van der Waals surface area contributed by atoms with Crippen LogP contribution in [0.1, 0.15) is 96.7 Å². The molecule has 418 valence electrons. The maximum Gasteiger partial charge on any atom is 0.322 e. The van der Waals surface area contributed by atoms with Gasteiger partial charge in [-0.15, -0.1) is 21.5 Å². The first kappa shape index (κ1) is 55.5. The summed E-state index contributed by atoms with van der Waals surface area (Å²) in [5.74, 6) is -0.956. The summed E-state index contributed by atoms with van der Waals surface area (Å²) in [5.41, 5.74) is 7.52. The van der Waals surface area contributed by atoms with E-state index in [-0.39, 0.29) is 42.1 Å². The molecule has 4 aliphatic heterocycles. The molecule has 80 heavy (non-hydrogen) atoms. The number of aryl methyl sites for hydroxylation is 3. The summed E-state index contributed by atoms with van der Waals surface area (Å²) >= 11 is 7.80. The highest BCUT2D eigenvalue weighted by atomic mass is 35.5. The van der Waals surface area contributed by atoms with Crippen LogP contribution in [0.4, 0.5) is 4.39 Å². The third kappa shape index (κ3) is 11.5. The molecule has 7 aromatic rings. The molecule has 0 bridgehead atoms. The Balaban J connectivity index is 0.000000259. The number of hydrogen-bond donors (Lipinski definition) is 3. The molecular weight excluding hydrogens is 1070 g/mol. The molecule has 23 heteroatoms. The standard InChI is InChI=1S/C40H48FN9O7.C17H15ClN4S/c1-24(51)49-12-4-7-32(49)40(57)48-13-8-25(9-14-48)17-36(54)47-15-10-26(11-16-47)39-38-28(29-19-33-27(18-30(29)41)20-44-46(33)2)5-3-6-31(38)50(45-39)23-35(53)42-21-34(52)43-22-37(55)56;1-9-10(2)23-17-15(9)16(12-4-6-13(18)7-5-12)19-8-14-21-20-11(3)22(14)17/h3,5-6,18-20,25-26,32H,4,7-17,21-23H2,1-2H3,(H,42,53)(H,43,52)(H,55,56);4-7H,8H2,1-3H3. The van der Waals surface area contributed by atoms with Crippen LogP contribution in [0.15, 0.2) is 65.8 Å². The smallest absolute Gasteiger partial charge is 0.322 e. The molecule has 5 amide bonds. The molecule has 3 N–H and O–H groups in total.